The van der Waals surface area contributed by atoms with Crippen molar-refractivity contribution in [3.05, 3.63) is 86.0 Å². The lowest BCUT2D eigenvalue weighted by molar-refractivity contribution is -0.146. The molecule has 0 saturated heterocycles. The second-order valence-corrected chi connectivity index (χ2v) is 4.92. The predicted octanol–water partition coefficient (Wildman–Crippen LogP) is 2.77. The highest BCUT2D eigenvalue weighted by molar-refractivity contribution is 5.81. The number of benzene rings is 2. The molecule has 0 heterocycles. The lowest BCUT2D eigenvalue weighted by Crippen LogP contribution is -2.10. The number of rotatable bonds is 7. The maximum Gasteiger partial charge on any atom is 0.330 e. The standard InChI is InChI=1S/C12H10.C8H10O4.C2H6O2/c1-3-7-11(8-4-1)12-9-5-2-6-10-12;1-3-7(9)11-5-6-12-8(10)4-2;3-1-2-4/h1-10H;3-4H,1-2,5-6H2;3-4H,1-2H2. The Balaban J connectivity index is 0.000000439. The van der Waals surface area contributed by atoms with Gasteiger partial charge in [0.2, 0.25) is 0 Å². The van der Waals surface area contributed by atoms with Gasteiger partial charge in [-0.25, -0.2) is 9.59 Å². The van der Waals surface area contributed by atoms with Crippen LogP contribution in [0.25, 0.3) is 11.1 Å². The molecule has 0 aliphatic rings. The van der Waals surface area contributed by atoms with Crippen LogP contribution in [0.1, 0.15) is 0 Å². The van der Waals surface area contributed by atoms with Crippen molar-refractivity contribution in [1.82, 2.24) is 0 Å². The van der Waals surface area contributed by atoms with Gasteiger partial charge in [-0.3, -0.25) is 0 Å². The molecule has 0 radical (unpaired) electrons. The zero-order valence-corrected chi connectivity index (χ0v) is 15.7. The smallest absolute Gasteiger partial charge is 0.330 e. The quantitative estimate of drug-likeness (QED) is 0.432. The van der Waals surface area contributed by atoms with E-state index in [1.807, 2.05) is 12.1 Å². The molecule has 150 valence electrons. The van der Waals surface area contributed by atoms with E-state index in [0.717, 1.165) is 12.2 Å². The fourth-order valence-corrected chi connectivity index (χ4v) is 1.66. The van der Waals surface area contributed by atoms with Gasteiger partial charge in [0.1, 0.15) is 13.2 Å². The predicted molar refractivity (Wildman–Crippen MR) is 108 cm³/mol. The monoisotopic (exact) mass is 386 g/mol. The molecule has 0 atom stereocenters. The average molecular weight is 386 g/mol. The van der Waals surface area contributed by atoms with Gasteiger partial charge in [0.25, 0.3) is 0 Å². The van der Waals surface area contributed by atoms with Crippen LogP contribution in [0, 0.1) is 0 Å². The van der Waals surface area contributed by atoms with Gasteiger partial charge in [0.15, 0.2) is 0 Å². The third-order valence-corrected chi connectivity index (χ3v) is 2.89. The highest BCUT2D eigenvalue weighted by Crippen LogP contribution is 2.17. The van der Waals surface area contributed by atoms with Gasteiger partial charge in [-0.1, -0.05) is 73.8 Å². The fourth-order valence-electron chi connectivity index (χ4n) is 1.66. The number of carbonyl (C=O) groups is 2. The van der Waals surface area contributed by atoms with Crippen molar-refractivity contribution >= 4 is 11.9 Å². The molecule has 2 aromatic carbocycles. The molecular formula is C22H26O6. The van der Waals surface area contributed by atoms with Gasteiger partial charge in [-0.2, -0.15) is 0 Å². The summed E-state index contributed by atoms with van der Waals surface area (Å²) in [5, 5.41) is 15.2. The van der Waals surface area contributed by atoms with Crippen molar-refractivity contribution in [2.24, 2.45) is 0 Å². The Labute approximate surface area is 165 Å². The van der Waals surface area contributed by atoms with Crippen LogP contribution in [0.4, 0.5) is 0 Å². The molecule has 0 fully saturated rings. The van der Waals surface area contributed by atoms with Crippen LogP contribution in [0.15, 0.2) is 86.0 Å². The summed E-state index contributed by atoms with van der Waals surface area (Å²) in [7, 11) is 0. The highest BCUT2D eigenvalue weighted by Gasteiger charge is 1.97. The molecular weight excluding hydrogens is 360 g/mol. The minimum atomic E-state index is -0.537. The largest absolute Gasteiger partial charge is 0.459 e. The summed E-state index contributed by atoms with van der Waals surface area (Å²) in [6, 6.07) is 20.8. The number of ether oxygens (including phenoxy) is 2. The molecule has 0 unspecified atom stereocenters. The molecule has 0 bridgehead atoms. The van der Waals surface area contributed by atoms with Gasteiger partial charge >= 0.3 is 11.9 Å². The topological polar surface area (TPSA) is 93.1 Å². The molecule has 0 aromatic heterocycles. The normalized spacial score (nSPS) is 8.79. The first-order chi connectivity index (χ1) is 13.6. The van der Waals surface area contributed by atoms with E-state index in [0.29, 0.717) is 0 Å². The molecule has 2 rings (SSSR count). The molecule has 2 N–H and O–H groups in total. The zero-order chi connectivity index (χ0) is 21.0. The van der Waals surface area contributed by atoms with Crippen LogP contribution in [0.3, 0.4) is 0 Å². The first kappa shape index (κ1) is 24.8. The molecule has 0 aliphatic heterocycles. The Morgan fingerprint density at radius 2 is 1.04 bits per heavy atom. The van der Waals surface area contributed by atoms with Crippen LogP contribution in [0.2, 0.25) is 0 Å². The third-order valence-electron chi connectivity index (χ3n) is 2.89. The number of carbonyl (C=O) groups excluding carboxylic acids is 2. The van der Waals surface area contributed by atoms with Crippen molar-refractivity contribution in [3.8, 4) is 11.1 Å². The molecule has 0 spiro atoms. The van der Waals surface area contributed by atoms with Crippen LogP contribution < -0.4 is 0 Å². The molecule has 6 nitrogen and oxygen atoms in total. The van der Waals surface area contributed by atoms with E-state index in [4.69, 9.17) is 10.2 Å². The van der Waals surface area contributed by atoms with Gasteiger partial charge in [-0.15, -0.1) is 0 Å². The Morgan fingerprint density at radius 1 is 0.714 bits per heavy atom. The van der Waals surface area contributed by atoms with Crippen molar-refractivity contribution in [2.45, 2.75) is 0 Å². The zero-order valence-electron chi connectivity index (χ0n) is 15.7. The van der Waals surface area contributed by atoms with Gasteiger partial charge in [0.05, 0.1) is 13.2 Å². The van der Waals surface area contributed by atoms with E-state index < -0.39 is 11.9 Å². The minimum absolute atomic E-state index is 0.0322. The summed E-state index contributed by atoms with van der Waals surface area (Å²) in [5.41, 5.74) is 2.55. The minimum Gasteiger partial charge on any atom is -0.459 e. The Hall–Kier alpha value is -3.22. The first-order valence-electron chi connectivity index (χ1n) is 8.49. The number of hydrogen-bond donors (Lipinski definition) is 2. The summed E-state index contributed by atoms with van der Waals surface area (Å²) in [5.74, 6) is -1.07. The van der Waals surface area contributed by atoms with E-state index in [2.05, 4.69) is 71.2 Å². The second-order valence-electron chi connectivity index (χ2n) is 4.92. The van der Waals surface area contributed by atoms with Gasteiger partial charge in [-0.05, 0) is 11.1 Å². The molecule has 6 heteroatoms. The van der Waals surface area contributed by atoms with Crippen molar-refractivity contribution in [2.75, 3.05) is 26.4 Å². The SMILES string of the molecule is C=CC(=O)OCCOC(=O)C=C.OCCO.c1ccc(-c2ccccc2)cc1. The summed E-state index contributed by atoms with van der Waals surface area (Å²) in [6.07, 6.45) is 2.07. The summed E-state index contributed by atoms with van der Waals surface area (Å²) in [6.45, 7) is 6.20. The summed E-state index contributed by atoms with van der Waals surface area (Å²) in [4.78, 5) is 20.9. The Bertz CT molecular complexity index is 621. The number of aliphatic hydroxyl groups excluding tert-OH is 2. The summed E-state index contributed by atoms with van der Waals surface area (Å²) >= 11 is 0. The van der Waals surface area contributed by atoms with Crippen molar-refractivity contribution < 1.29 is 29.3 Å². The molecule has 28 heavy (non-hydrogen) atoms. The average Bonchev–Trinajstić information content (AvgIpc) is 2.78. The fraction of sp³-hybridized carbons (Fsp3) is 0.182. The number of aliphatic hydroxyl groups is 2. The highest BCUT2D eigenvalue weighted by atomic mass is 16.6. The summed E-state index contributed by atoms with van der Waals surface area (Å²) < 4.78 is 9.04. The molecule has 2 aromatic rings. The molecule has 0 amide bonds. The van der Waals surface area contributed by atoms with E-state index >= 15 is 0 Å². The lowest BCUT2D eigenvalue weighted by atomic mass is 10.1. The van der Waals surface area contributed by atoms with Crippen LogP contribution in [-0.4, -0.2) is 48.6 Å². The van der Waals surface area contributed by atoms with Gasteiger partial charge < -0.3 is 19.7 Å². The van der Waals surface area contributed by atoms with Gasteiger partial charge in [0, 0.05) is 12.2 Å². The van der Waals surface area contributed by atoms with E-state index in [1.165, 1.54) is 11.1 Å². The molecule has 0 aliphatic carbocycles. The van der Waals surface area contributed by atoms with E-state index in [1.54, 1.807) is 0 Å². The van der Waals surface area contributed by atoms with E-state index in [-0.39, 0.29) is 26.4 Å². The second kappa shape index (κ2) is 17.2. The van der Waals surface area contributed by atoms with Crippen LogP contribution in [0.5, 0.6) is 0 Å². The van der Waals surface area contributed by atoms with Crippen molar-refractivity contribution in [3.63, 3.8) is 0 Å². The maximum absolute atomic E-state index is 10.4. The molecule has 0 saturated carbocycles. The number of hydrogen-bond acceptors (Lipinski definition) is 6. The maximum atomic E-state index is 10.4. The first-order valence-corrected chi connectivity index (χ1v) is 8.49. The third kappa shape index (κ3) is 13.0. The Morgan fingerprint density at radius 3 is 1.29 bits per heavy atom. The lowest BCUT2D eigenvalue weighted by Gasteiger charge is -2.01. The number of esters is 2. The van der Waals surface area contributed by atoms with Crippen molar-refractivity contribution in [1.29, 1.82) is 0 Å². The van der Waals surface area contributed by atoms with E-state index in [9.17, 15) is 9.59 Å². The van der Waals surface area contributed by atoms with Crippen LogP contribution >= 0.6 is 0 Å². The van der Waals surface area contributed by atoms with Crippen LogP contribution in [-0.2, 0) is 19.1 Å². The Kier molecular flexibility index (Phi) is 15.2.